The summed E-state index contributed by atoms with van der Waals surface area (Å²) in [7, 11) is -3.46. The number of hydrogen-bond donors (Lipinski definition) is 1. The Bertz CT molecular complexity index is 1310. The molecule has 0 radical (unpaired) electrons. The van der Waals surface area contributed by atoms with Crippen LogP contribution in [0.3, 0.4) is 0 Å². The Kier molecular flexibility index (Phi) is 11.5. The van der Waals surface area contributed by atoms with Gasteiger partial charge in [0.2, 0.25) is 0 Å². The van der Waals surface area contributed by atoms with Gasteiger partial charge in [0.25, 0.3) is 0 Å². The fourth-order valence-electron chi connectivity index (χ4n) is 6.55. The van der Waals surface area contributed by atoms with E-state index in [0.29, 0.717) is 12.5 Å². The van der Waals surface area contributed by atoms with Crippen LogP contribution in [0.25, 0.3) is 11.1 Å². The van der Waals surface area contributed by atoms with Crippen molar-refractivity contribution in [2.75, 3.05) is 24.6 Å². The predicted octanol–water partition coefficient (Wildman–Crippen LogP) is 8.34. The minimum atomic E-state index is -4.31. The van der Waals surface area contributed by atoms with Crippen LogP contribution in [-0.4, -0.2) is 55.2 Å². The number of nitrogens with zero attached hydrogens (tertiary/aromatic N) is 1. The van der Waals surface area contributed by atoms with Gasteiger partial charge in [0.15, 0.2) is 0 Å². The minimum absolute atomic E-state index is 0.0417. The van der Waals surface area contributed by atoms with E-state index in [-0.39, 0.29) is 23.7 Å². The van der Waals surface area contributed by atoms with E-state index in [0.717, 1.165) is 88.4 Å². The second-order valence-corrected chi connectivity index (χ2v) is 14.1. The van der Waals surface area contributed by atoms with E-state index >= 15 is 0 Å². The molecule has 1 aliphatic heterocycles. The van der Waals surface area contributed by atoms with Gasteiger partial charge < -0.3 is 10.0 Å². The molecule has 42 heavy (non-hydrogen) atoms. The molecule has 1 atom stereocenters. The number of hydrogen-bond acceptors (Lipinski definition) is 4. The van der Waals surface area contributed by atoms with Gasteiger partial charge in [-0.15, -0.1) is 0 Å². The van der Waals surface area contributed by atoms with E-state index in [2.05, 4.69) is 4.90 Å². The number of allylic oxidation sites excluding steroid dienone is 2. The number of sulfone groups is 1. The first kappa shape index (κ1) is 32.5. The number of fused-ring (bicyclic) bond motifs is 1. The lowest BCUT2D eigenvalue weighted by molar-refractivity contribution is -0.134. The number of phenols is 1. The van der Waals surface area contributed by atoms with Gasteiger partial charge in [-0.3, -0.25) is 0 Å². The van der Waals surface area contributed by atoms with Crippen molar-refractivity contribution in [3.63, 3.8) is 0 Å². The molecule has 9 heteroatoms. The summed E-state index contributed by atoms with van der Waals surface area (Å²) >= 11 is 0. The maximum Gasteiger partial charge on any atom is 0.389 e. The molecule has 232 valence electrons. The van der Waals surface area contributed by atoms with Crippen molar-refractivity contribution in [3.8, 4) is 5.75 Å². The monoisotopic (exact) mass is 609 g/mol. The predicted molar refractivity (Wildman–Crippen MR) is 160 cm³/mol. The summed E-state index contributed by atoms with van der Waals surface area (Å²) in [6.45, 7) is 1.96. The standard InChI is InChI=1S/C33H43F4NO3S/c34-27-15-13-25(14-16-27)30-12-4-8-26-24-29(39)17-18-31(26)32(30)11-2-1-3-20-38-21-5-9-28(38)10-6-22-42(40,41)23-7-19-33(35,36)37/h13-18,24,28,39H,1-12,19-23H2/t28-/m0/s1. The number of aromatic hydroxyl groups is 1. The third kappa shape index (κ3) is 9.83. The number of alkyl halides is 3. The zero-order valence-corrected chi connectivity index (χ0v) is 25.1. The van der Waals surface area contributed by atoms with Crippen LogP contribution >= 0.6 is 0 Å². The first-order chi connectivity index (χ1) is 20.0. The third-order valence-electron chi connectivity index (χ3n) is 8.62. The summed E-state index contributed by atoms with van der Waals surface area (Å²) < 4.78 is 75.0. The van der Waals surface area contributed by atoms with E-state index < -0.39 is 28.2 Å². The Morgan fingerprint density at radius 1 is 0.905 bits per heavy atom. The zero-order valence-electron chi connectivity index (χ0n) is 24.3. The molecule has 2 aliphatic rings. The van der Waals surface area contributed by atoms with Crippen molar-refractivity contribution in [1.82, 2.24) is 4.90 Å². The highest BCUT2D eigenvalue weighted by Crippen LogP contribution is 2.39. The van der Waals surface area contributed by atoms with Gasteiger partial charge in [-0.1, -0.05) is 24.6 Å². The van der Waals surface area contributed by atoms with Crippen LogP contribution in [0, 0.1) is 5.82 Å². The van der Waals surface area contributed by atoms with Gasteiger partial charge in [-0.25, -0.2) is 12.8 Å². The van der Waals surface area contributed by atoms with E-state index in [1.807, 2.05) is 24.3 Å². The highest BCUT2D eigenvalue weighted by molar-refractivity contribution is 7.91. The summed E-state index contributed by atoms with van der Waals surface area (Å²) in [5.74, 6) is -0.411. The number of benzene rings is 2. The van der Waals surface area contributed by atoms with Crippen LogP contribution < -0.4 is 0 Å². The number of rotatable bonds is 14. The molecule has 4 rings (SSSR count). The highest BCUT2D eigenvalue weighted by Gasteiger charge is 2.28. The summed E-state index contributed by atoms with van der Waals surface area (Å²) in [5.41, 5.74) is 5.92. The van der Waals surface area contributed by atoms with E-state index in [1.165, 1.54) is 28.8 Å². The molecule has 1 aliphatic carbocycles. The number of likely N-dealkylation sites (tertiary alicyclic amines) is 1. The first-order valence-corrected chi connectivity index (χ1v) is 17.1. The fourth-order valence-corrected chi connectivity index (χ4v) is 7.94. The molecule has 0 unspecified atom stereocenters. The van der Waals surface area contributed by atoms with Crippen LogP contribution in [0.5, 0.6) is 5.75 Å². The van der Waals surface area contributed by atoms with Crippen molar-refractivity contribution in [3.05, 3.63) is 65.0 Å². The molecular formula is C33H43F4NO3S. The average molecular weight is 610 g/mol. The van der Waals surface area contributed by atoms with Crippen LogP contribution in [0.1, 0.15) is 93.7 Å². The molecule has 1 saturated heterocycles. The van der Waals surface area contributed by atoms with Crippen LogP contribution in [0.15, 0.2) is 42.5 Å². The molecule has 0 spiro atoms. The van der Waals surface area contributed by atoms with Crippen LogP contribution in [0.4, 0.5) is 17.6 Å². The van der Waals surface area contributed by atoms with Gasteiger partial charge >= 0.3 is 6.18 Å². The van der Waals surface area contributed by atoms with E-state index in [1.54, 1.807) is 6.07 Å². The van der Waals surface area contributed by atoms with Gasteiger partial charge in [-0.05, 0) is 136 Å². The van der Waals surface area contributed by atoms with E-state index in [4.69, 9.17) is 0 Å². The molecular weight excluding hydrogens is 566 g/mol. The van der Waals surface area contributed by atoms with Crippen LogP contribution in [0.2, 0.25) is 0 Å². The van der Waals surface area contributed by atoms with Crippen molar-refractivity contribution in [2.24, 2.45) is 0 Å². The topological polar surface area (TPSA) is 57.6 Å². The molecule has 0 bridgehead atoms. The lowest BCUT2D eigenvalue weighted by Crippen LogP contribution is -2.30. The van der Waals surface area contributed by atoms with Crippen molar-refractivity contribution in [1.29, 1.82) is 0 Å². The first-order valence-electron chi connectivity index (χ1n) is 15.3. The molecule has 1 fully saturated rings. The summed E-state index contributed by atoms with van der Waals surface area (Å²) in [6, 6.07) is 12.7. The number of phenolic OH excluding ortho intramolecular Hbond substituents is 1. The molecule has 0 saturated carbocycles. The summed E-state index contributed by atoms with van der Waals surface area (Å²) in [5, 5.41) is 10.1. The Hall–Kier alpha value is -2.39. The molecule has 0 aromatic heterocycles. The minimum Gasteiger partial charge on any atom is -0.508 e. The third-order valence-corrected chi connectivity index (χ3v) is 10.4. The molecule has 4 nitrogen and oxygen atoms in total. The van der Waals surface area contributed by atoms with Crippen molar-refractivity contribution < 1.29 is 31.1 Å². The normalized spacial score (nSPS) is 18.3. The molecule has 2 aromatic carbocycles. The van der Waals surface area contributed by atoms with Crippen molar-refractivity contribution in [2.45, 2.75) is 95.7 Å². The van der Waals surface area contributed by atoms with Crippen molar-refractivity contribution >= 4 is 21.0 Å². The Morgan fingerprint density at radius 3 is 2.43 bits per heavy atom. The molecule has 2 aromatic rings. The number of unbranched alkanes of at least 4 members (excludes halogenated alkanes) is 2. The second-order valence-electron chi connectivity index (χ2n) is 11.8. The molecule has 1 N–H and O–H groups in total. The average Bonchev–Trinajstić information content (AvgIpc) is 3.28. The molecule has 0 amide bonds. The maximum absolute atomic E-state index is 13.7. The summed E-state index contributed by atoms with van der Waals surface area (Å²) in [4.78, 5) is 2.45. The second kappa shape index (κ2) is 14.9. The lowest BCUT2D eigenvalue weighted by atomic mass is 9.89. The van der Waals surface area contributed by atoms with Gasteiger partial charge in [0, 0.05) is 12.5 Å². The number of aryl methyl sites for hydroxylation is 1. The Labute approximate surface area is 247 Å². The summed E-state index contributed by atoms with van der Waals surface area (Å²) in [6.07, 6.45) is 4.40. The maximum atomic E-state index is 13.7. The molecule has 1 heterocycles. The van der Waals surface area contributed by atoms with Gasteiger partial charge in [-0.2, -0.15) is 13.2 Å². The quantitative estimate of drug-likeness (QED) is 0.173. The van der Waals surface area contributed by atoms with Crippen LogP contribution in [-0.2, 0) is 16.3 Å². The highest BCUT2D eigenvalue weighted by atomic mass is 32.2. The largest absolute Gasteiger partial charge is 0.508 e. The lowest BCUT2D eigenvalue weighted by Gasteiger charge is -2.24. The Balaban J connectivity index is 1.28. The zero-order chi connectivity index (χ0) is 30.2. The van der Waals surface area contributed by atoms with Gasteiger partial charge in [0.1, 0.15) is 21.4 Å². The Morgan fingerprint density at radius 2 is 1.67 bits per heavy atom. The fraction of sp³-hybridized carbons (Fsp3) is 0.576. The number of halogens is 4. The van der Waals surface area contributed by atoms with E-state index in [9.17, 15) is 31.1 Å². The van der Waals surface area contributed by atoms with Gasteiger partial charge in [0.05, 0.1) is 11.5 Å². The SMILES string of the molecule is O=S(=O)(CCC[C@@H]1CCCN1CCCCCC1=C(c2ccc(F)cc2)CCCc2cc(O)ccc21)CCCC(F)(F)F. The smallest absolute Gasteiger partial charge is 0.389 e.